The molecule has 1 saturated heterocycles. The molecule has 3 heteroatoms. The van der Waals surface area contributed by atoms with Crippen LogP contribution in [-0.2, 0) is 0 Å². The van der Waals surface area contributed by atoms with Gasteiger partial charge in [-0.15, -0.1) is 0 Å². The maximum Gasteiger partial charge on any atom is 0.118 e. The summed E-state index contributed by atoms with van der Waals surface area (Å²) in [5.74, 6) is 1.83. The number of likely N-dealkylation sites (tertiary alicyclic amines) is 1. The summed E-state index contributed by atoms with van der Waals surface area (Å²) in [7, 11) is 1.70. The van der Waals surface area contributed by atoms with E-state index in [4.69, 9.17) is 10.5 Å². The maximum atomic E-state index is 6.44. The minimum Gasteiger partial charge on any atom is -0.497 e. The van der Waals surface area contributed by atoms with Crippen molar-refractivity contribution in [1.29, 1.82) is 0 Å². The molecular formula is C18H28N2O. The zero-order chi connectivity index (χ0) is 14.7. The summed E-state index contributed by atoms with van der Waals surface area (Å²) in [6.45, 7) is 2.22. The van der Waals surface area contributed by atoms with Crippen molar-refractivity contribution in [2.45, 2.75) is 50.6 Å². The quantitative estimate of drug-likeness (QED) is 0.903. The highest BCUT2D eigenvalue weighted by molar-refractivity contribution is 5.29. The molecule has 1 aromatic rings. The van der Waals surface area contributed by atoms with E-state index in [-0.39, 0.29) is 6.04 Å². The normalized spacial score (nSPS) is 25.3. The van der Waals surface area contributed by atoms with Crippen LogP contribution >= 0.6 is 0 Å². The average Bonchev–Trinajstić information content (AvgIpc) is 3.18. The highest BCUT2D eigenvalue weighted by atomic mass is 16.5. The standard InChI is InChI=1S/C18H28N2O/c1-21-16-10-8-14(9-11-16)17(19)13-20-12-4-7-18(20)15-5-2-3-6-15/h8-11,15,17-18H,2-7,12-13,19H2,1H3. The molecule has 1 saturated carbocycles. The van der Waals surface area contributed by atoms with Crippen molar-refractivity contribution in [2.75, 3.05) is 20.2 Å². The average molecular weight is 288 g/mol. The number of methoxy groups -OCH3 is 1. The summed E-state index contributed by atoms with van der Waals surface area (Å²) in [6, 6.07) is 9.12. The van der Waals surface area contributed by atoms with Gasteiger partial charge < -0.3 is 10.5 Å². The molecule has 1 aromatic carbocycles. The third kappa shape index (κ3) is 3.41. The molecule has 2 N–H and O–H groups in total. The summed E-state index contributed by atoms with van der Waals surface area (Å²) >= 11 is 0. The van der Waals surface area contributed by atoms with E-state index in [0.717, 1.165) is 24.3 Å². The van der Waals surface area contributed by atoms with Gasteiger partial charge in [0.05, 0.1) is 7.11 Å². The van der Waals surface area contributed by atoms with Crippen LogP contribution < -0.4 is 10.5 Å². The SMILES string of the molecule is COc1ccc(C(N)CN2CCCC2C2CCCC2)cc1. The van der Waals surface area contributed by atoms with Gasteiger partial charge in [-0.25, -0.2) is 0 Å². The monoisotopic (exact) mass is 288 g/mol. The Kier molecular flexibility index (Phi) is 4.81. The number of benzene rings is 1. The van der Waals surface area contributed by atoms with Gasteiger partial charge in [0.2, 0.25) is 0 Å². The zero-order valence-electron chi connectivity index (χ0n) is 13.1. The van der Waals surface area contributed by atoms with Gasteiger partial charge in [0.1, 0.15) is 5.75 Å². The fraction of sp³-hybridized carbons (Fsp3) is 0.667. The third-order valence-corrected chi connectivity index (χ3v) is 5.33. The molecule has 0 amide bonds. The maximum absolute atomic E-state index is 6.44. The predicted octanol–water partition coefficient (Wildman–Crippen LogP) is 3.35. The smallest absolute Gasteiger partial charge is 0.118 e. The first-order valence-corrected chi connectivity index (χ1v) is 8.41. The minimum absolute atomic E-state index is 0.109. The number of hydrogen-bond donors (Lipinski definition) is 1. The summed E-state index contributed by atoms with van der Waals surface area (Å²) in [4.78, 5) is 2.66. The lowest BCUT2D eigenvalue weighted by Crippen LogP contribution is -2.39. The van der Waals surface area contributed by atoms with Crippen LogP contribution in [0.4, 0.5) is 0 Å². The van der Waals surface area contributed by atoms with E-state index in [2.05, 4.69) is 17.0 Å². The molecule has 3 rings (SSSR count). The Morgan fingerprint density at radius 1 is 1.14 bits per heavy atom. The van der Waals surface area contributed by atoms with Crippen LogP contribution in [0.25, 0.3) is 0 Å². The van der Waals surface area contributed by atoms with E-state index in [1.807, 2.05) is 12.1 Å². The number of rotatable bonds is 5. The fourth-order valence-electron chi connectivity index (χ4n) is 4.16. The topological polar surface area (TPSA) is 38.5 Å². The molecule has 2 aliphatic rings. The second kappa shape index (κ2) is 6.80. The summed E-state index contributed by atoms with van der Waals surface area (Å²) in [5.41, 5.74) is 7.66. The molecule has 2 atom stereocenters. The molecule has 1 aliphatic heterocycles. The van der Waals surface area contributed by atoms with Crippen LogP contribution in [0.2, 0.25) is 0 Å². The minimum atomic E-state index is 0.109. The Balaban J connectivity index is 1.61. The van der Waals surface area contributed by atoms with Crippen LogP contribution in [0.1, 0.15) is 50.1 Å². The van der Waals surface area contributed by atoms with Gasteiger partial charge in [0.15, 0.2) is 0 Å². The van der Waals surface area contributed by atoms with Gasteiger partial charge in [-0.3, -0.25) is 4.90 Å². The van der Waals surface area contributed by atoms with Crippen LogP contribution in [0.3, 0.4) is 0 Å². The van der Waals surface area contributed by atoms with Crippen molar-refractivity contribution in [3.05, 3.63) is 29.8 Å². The molecule has 2 unspecified atom stereocenters. The lowest BCUT2D eigenvalue weighted by molar-refractivity contribution is 0.181. The van der Waals surface area contributed by atoms with Crippen molar-refractivity contribution >= 4 is 0 Å². The molecule has 116 valence electrons. The molecule has 0 radical (unpaired) electrons. The molecule has 0 aromatic heterocycles. The van der Waals surface area contributed by atoms with Gasteiger partial charge in [0.25, 0.3) is 0 Å². The first kappa shape index (κ1) is 14.9. The molecule has 2 fully saturated rings. The van der Waals surface area contributed by atoms with Crippen molar-refractivity contribution in [2.24, 2.45) is 11.7 Å². The lowest BCUT2D eigenvalue weighted by Gasteiger charge is -2.31. The number of nitrogens with two attached hydrogens (primary N) is 1. The van der Waals surface area contributed by atoms with Crippen LogP contribution in [0.15, 0.2) is 24.3 Å². The van der Waals surface area contributed by atoms with E-state index >= 15 is 0 Å². The van der Waals surface area contributed by atoms with Gasteiger partial charge in [-0.2, -0.15) is 0 Å². The summed E-state index contributed by atoms with van der Waals surface area (Å²) < 4.78 is 5.22. The first-order chi connectivity index (χ1) is 10.3. The molecule has 3 nitrogen and oxygen atoms in total. The van der Waals surface area contributed by atoms with Crippen LogP contribution in [0.5, 0.6) is 5.75 Å². The van der Waals surface area contributed by atoms with E-state index in [0.29, 0.717) is 0 Å². The number of ether oxygens (including phenoxy) is 1. The van der Waals surface area contributed by atoms with E-state index < -0.39 is 0 Å². The van der Waals surface area contributed by atoms with Crippen molar-refractivity contribution < 1.29 is 4.74 Å². The zero-order valence-corrected chi connectivity index (χ0v) is 13.1. The van der Waals surface area contributed by atoms with Crippen molar-refractivity contribution in [1.82, 2.24) is 4.90 Å². The second-order valence-electron chi connectivity index (χ2n) is 6.63. The Morgan fingerprint density at radius 3 is 2.52 bits per heavy atom. The number of nitrogens with zero attached hydrogens (tertiary/aromatic N) is 1. The third-order valence-electron chi connectivity index (χ3n) is 5.33. The summed E-state index contributed by atoms with van der Waals surface area (Å²) in [6.07, 6.45) is 8.44. The second-order valence-corrected chi connectivity index (χ2v) is 6.63. The fourth-order valence-corrected chi connectivity index (χ4v) is 4.16. The van der Waals surface area contributed by atoms with E-state index in [1.54, 1.807) is 7.11 Å². The highest BCUT2D eigenvalue weighted by Gasteiger charge is 2.33. The highest BCUT2D eigenvalue weighted by Crippen LogP contribution is 2.36. The Bertz CT molecular complexity index is 439. The van der Waals surface area contributed by atoms with Gasteiger partial charge in [0, 0.05) is 18.6 Å². The Hall–Kier alpha value is -1.06. The molecule has 1 heterocycles. The Morgan fingerprint density at radius 2 is 1.86 bits per heavy atom. The first-order valence-electron chi connectivity index (χ1n) is 8.41. The van der Waals surface area contributed by atoms with Crippen molar-refractivity contribution in [3.8, 4) is 5.75 Å². The van der Waals surface area contributed by atoms with E-state index in [1.165, 1.54) is 50.6 Å². The van der Waals surface area contributed by atoms with Gasteiger partial charge in [-0.05, 0) is 55.8 Å². The van der Waals surface area contributed by atoms with Crippen LogP contribution in [0, 0.1) is 5.92 Å². The number of hydrogen-bond acceptors (Lipinski definition) is 3. The molecule has 1 aliphatic carbocycles. The molecule has 21 heavy (non-hydrogen) atoms. The van der Waals surface area contributed by atoms with Crippen molar-refractivity contribution in [3.63, 3.8) is 0 Å². The predicted molar refractivity (Wildman–Crippen MR) is 86.5 cm³/mol. The molecular weight excluding hydrogens is 260 g/mol. The van der Waals surface area contributed by atoms with E-state index in [9.17, 15) is 0 Å². The largest absolute Gasteiger partial charge is 0.497 e. The lowest BCUT2D eigenvalue weighted by atomic mass is 9.95. The summed E-state index contributed by atoms with van der Waals surface area (Å²) in [5, 5.41) is 0. The van der Waals surface area contributed by atoms with Crippen LogP contribution in [-0.4, -0.2) is 31.1 Å². The molecule has 0 spiro atoms. The van der Waals surface area contributed by atoms with Gasteiger partial charge in [-0.1, -0.05) is 25.0 Å². The van der Waals surface area contributed by atoms with Gasteiger partial charge >= 0.3 is 0 Å². The Labute approximate surface area is 128 Å². The molecule has 0 bridgehead atoms.